The third-order valence-electron chi connectivity index (χ3n) is 4.50. The molecule has 1 aliphatic heterocycles. The standard InChI is InChI=1S/C19H23FN6O2/c1-13-2-4-15(5-3-13)25-8-10-26(11-9-25)17-16(20)14(6-7-23-17)12-28-19(27)24-18(21)22/h2-7H,8-12H2,1H3,(H4,21,22,24,27). The Balaban J connectivity index is 1.64. The zero-order chi connectivity index (χ0) is 20.1. The van der Waals surface area contributed by atoms with Gasteiger partial charge in [0.1, 0.15) is 6.61 Å². The number of hydrogen-bond acceptors (Lipinski definition) is 5. The number of aromatic nitrogens is 1. The van der Waals surface area contributed by atoms with Crippen LogP contribution in [0.2, 0.25) is 0 Å². The first-order valence-electron chi connectivity index (χ1n) is 8.90. The van der Waals surface area contributed by atoms with Crippen molar-refractivity contribution < 1.29 is 13.9 Å². The number of anilines is 2. The van der Waals surface area contributed by atoms with Gasteiger partial charge >= 0.3 is 6.09 Å². The number of benzene rings is 1. The maximum Gasteiger partial charge on any atom is 0.437 e. The molecule has 2 heterocycles. The van der Waals surface area contributed by atoms with Gasteiger partial charge in [-0.1, -0.05) is 17.7 Å². The van der Waals surface area contributed by atoms with E-state index in [1.807, 2.05) is 4.90 Å². The Labute approximate surface area is 162 Å². The van der Waals surface area contributed by atoms with E-state index in [0.29, 0.717) is 13.1 Å². The fourth-order valence-corrected chi connectivity index (χ4v) is 3.01. The molecule has 0 unspecified atom stereocenters. The van der Waals surface area contributed by atoms with E-state index in [1.165, 1.54) is 17.8 Å². The van der Waals surface area contributed by atoms with Crippen molar-refractivity contribution in [1.82, 2.24) is 4.98 Å². The SMILES string of the molecule is Cc1ccc(N2CCN(c3nccc(COC(=O)N=C(N)N)c3F)CC2)cc1. The number of nitrogens with zero attached hydrogens (tertiary/aromatic N) is 4. The second-order valence-electron chi connectivity index (χ2n) is 6.51. The number of guanidine groups is 1. The van der Waals surface area contributed by atoms with Crippen LogP contribution in [0.3, 0.4) is 0 Å². The van der Waals surface area contributed by atoms with Crippen LogP contribution in [0.4, 0.5) is 20.7 Å². The van der Waals surface area contributed by atoms with E-state index in [-0.39, 0.29) is 18.0 Å². The summed E-state index contributed by atoms with van der Waals surface area (Å²) in [4.78, 5) is 22.9. The largest absolute Gasteiger partial charge is 0.443 e. The predicted octanol–water partition coefficient (Wildman–Crippen LogP) is 1.77. The molecule has 9 heteroatoms. The van der Waals surface area contributed by atoms with E-state index in [2.05, 4.69) is 46.1 Å². The second kappa shape index (κ2) is 8.55. The molecule has 1 aliphatic rings. The summed E-state index contributed by atoms with van der Waals surface area (Å²) in [5, 5.41) is 0. The number of aryl methyl sites for hydroxylation is 1. The van der Waals surface area contributed by atoms with Crippen LogP contribution < -0.4 is 21.3 Å². The van der Waals surface area contributed by atoms with E-state index in [4.69, 9.17) is 16.2 Å². The third-order valence-corrected chi connectivity index (χ3v) is 4.50. The molecule has 1 aromatic carbocycles. The molecule has 28 heavy (non-hydrogen) atoms. The van der Waals surface area contributed by atoms with Gasteiger partial charge < -0.3 is 26.0 Å². The number of piperazine rings is 1. The van der Waals surface area contributed by atoms with Crippen LogP contribution in [0.15, 0.2) is 41.5 Å². The van der Waals surface area contributed by atoms with E-state index >= 15 is 0 Å². The molecule has 0 radical (unpaired) electrons. The molecule has 0 atom stereocenters. The molecular weight excluding hydrogens is 363 g/mol. The number of rotatable bonds is 4. The predicted molar refractivity (Wildman–Crippen MR) is 106 cm³/mol. The van der Waals surface area contributed by atoms with Crippen LogP contribution in [0.5, 0.6) is 0 Å². The first-order chi connectivity index (χ1) is 13.4. The van der Waals surface area contributed by atoms with Crippen LogP contribution in [-0.4, -0.2) is 43.2 Å². The summed E-state index contributed by atoms with van der Waals surface area (Å²) in [5.41, 5.74) is 12.8. The minimum atomic E-state index is -0.968. The lowest BCUT2D eigenvalue weighted by Gasteiger charge is -2.37. The van der Waals surface area contributed by atoms with Gasteiger partial charge in [0.15, 0.2) is 17.6 Å². The molecule has 0 spiro atoms. The monoisotopic (exact) mass is 386 g/mol. The summed E-state index contributed by atoms with van der Waals surface area (Å²) in [6.45, 7) is 4.56. The van der Waals surface area contributed by atoms with Crippen molar-refractivity contribution >= 4 is 23.6 Å². The lowest BCUT2D eigenvalue weighted by atomic mass is 10.2. The fraction of sp³-hybridized carbons (Fsp3) is 0.316. The van der Waals surface area contributed by atoms with E-state index in [9.17, 15) is 9.18 Å². The number of nitrogens with two attached hydrogens (primary N) is 2. The molecule has 1 aromatic heterocycles. The Kier molecular flexibility index (Phi) is 5.93. The van der Waals surface area contributed by atoms with Crippen molar-refractivity contribution in [2.24, 2.45) is 16.5 Å². The Bertz CT molecular complexity index is 859. The van der Waals surface area contributed by atoms with Crippen molar-refractivity contribution in [3.05, 3.63) is 53.5 Å². The summed E-state index contributed by atoms with van der Waals surface area (Å²) in [6, 6.07) is 9.81. The Morgan fingerprint density at radius 1 is 1.14 bits per heavy atom. The fourth-order valence-electron chi connectivity index (χ4n) is 3.01. The van der Waals surface area contributed by atoms with Crippen LogP contribution >= 0.6 is 0 Å². The number of aliphatic imine (C=N–C) groups is 1. The zero-order valence-electron chi connectivity index (χ0n) is 15.6. The van der Waals surface area contributed by atoms with Crippen LogP contribution in [-0.2, 0) is 11.3 Å². The van der Waals surface area contributed by atoms with Gasteiger partial charge in [0, 0.05) is 43.6 Å². The maximum atomic E-state index is 14.8. The Morgan fingerprint density at radius 3 is 2.43 bits per heavy atom. The van der Waals surface area contributed by atoms with Gasteiger partial charge in [-0.2, -0.15) is 0 Å². The number of pyridine rings is 1. The normalized spacial score (nSPS) is 13.9. The van der Waals surface area contributed by atoms with Gasteiger partial charge in [-0.25, -0.2) is 14.2 Å². The average molecular weight is 386 g/mol. The molecule has 1 amide bonds. The molecule has 1 fully saturated rings. The highest BCUT2D eigenvalue weighted by Crippen LogP contribution is 2.23. The highest BCUT2D eigenvalue weighted by Gasteiger charge is 2.22. The number of halogens is 1. The van der Waals surface area contributed by atoms with Crippen LogP contribution in [0, 0.1) is 12.7 Å². The van der Waals surface area contributed by atoms with Crippen molar-refractivity contribution in [2.45, 2.75) is 13.5 Å². The van der Waals surface area contributed by atoms with E-state index < -0.39 is 17.9 Å². The molecule has 2 aromatic rings. The molecule has 0 saturated carbocycles. The smallest absolute Gasteiger partial charge is 0.437 e. The minimum absolute atomic E-state index is 0.213. The molecule has 1 saturated heterocycles. The summed E-state index contributed by atoms with van der Waals surface area (Å²) >= 11 is 0. The molecule has 0 aliphatic carbocycles. The molecule has 148 valence electrons. The van der Waals surface area contributed by atoms with Gasteiger partial charge in [-0.15, -0.1) is 4.99 Å². The lowest BCUT2D eigenvalue weighted by molar-refractivity contribution is 0.149. The van der Waals surface area contributed by atoms with Crippen LogP contribution in [0.25, 0.3) is 0 Å². The molecule has 0 bridgehead atoms. The van der Waals surface area contributed by atoms with Gasteiger partial charge in [-0.3, -0.25) is 0 Å². The number of carbonyl (C=O) groups is 1. The summed E-state index contributed by atoms with van der Waals surface area (Å²) in [5.74, 6) is -0.671. The topological polar surface area (TPSA) is 110 Å². The van der Waals surface area contributed by atoms with Crippen LogP contribution in [0.1, 0.15) is 11.1 Å². The molecule has 8 nitrogen and oxygen atoms in total. The number of amides is 1. The molecule has 4 N–H and O–H groups in total. The average Bonchev–Trinajstić information content (AvgIpc) is 2.67. The summed E-state index contributed by atoms with van der Waals surface area (Å²) in [7, 11) is 0. The first kappa shape index (κ1) is 19.4. The second-order valence-corrected chi connectivity index (χ2v) is 6.51. The summed E-state index contributed by atoms with van der Waals surface area (Å²) in [6.07, 6.45) is 0.526. The van der Waals surface area contributed by atoms with Gasteiger partial charge in [0.05, 0.1) is 0 Å². The molecule has 3 rings (SSSR count). The zero-order valence-corrected chi connectivity index (χ0v) is 15.6. The Hall–Kier alpha value is -3.36. The van der Waals surface area contributed by atoms with Gasteiger partial charge in [-0.05, 0) is 25.1 Å². The van der Waals surface area contributed by atoms with Gasteiger partial charge in [0.25, 0.3) is 0 Å². The van der Waals surface area contributed by atoms with E-state index in [1.54, 1.807) is 0 Å². The number of ether oxygens (including phenoxy) is 1. The lowest BCUT2D eigenvalue weighted by Crippen LogP contribution is -2.47. The Morgan fingerprint density at radius 2 is 1.79 bits per heavy atom. The molecular formula is C19H23FN6O2. The van der Waals surface area contributed by atoms with Crippen molar-refractivity contribution in [3.63, 3.8) is 0 Å². The minimum Gasteiger partial charge on any atom is -0.443 e. The maximum absolute atomic E-state index is 14.8. The highest BCUT2D eigenvalue weighted by molar-refractivity contribution is 5.87. The van der Waals surface area contributed by atoms with Crippen molar-refractivity contribution in [3.8, 4) is 0 Å². The highest BCUT2D eigenvalue weighted by atomic mass is 19.1. The van der Waals surface area contributed by atoms with E-state index in [0.717, 1.165) is 18.8 Å². The number of carbonyl (C=O) groups excluding carboxylic acids is 1. The summed E-state index contributed by atoms with van der Waals surface area (Å²) < 4.78 is 19.7. The van der Waals surface area contributed by atoms with Crippen molar-refractivity contribution in [2.75, 3.05) is 36.0 Å². The quantitative estimate of drug-likeness (QED) is 0.609. The third kappa shape index (κ3) is 4.67. The van der Waals surface area contributed by atoms with Crippen molar-refractivity contribution in [1.29, 1.82) is 0 Å². The number of hydrogen-bond donors (Lipinski definition) is 2. The first-order valence-corrected chi connectivity index (χ1v) is 8.90. The van der Waals surface area contributed by atoms with Gasteiger partial charge in [0.2, 0.25) is 0 Å².